The van der Waals surface area contributed by atoms with Crippen LogP contribution in [-0.2, 0) is 10.8 Å². The minimum absolute atomic E-state index is 0.0472. The van der Waals surface area contributed by atoms with Crippen molar-refractivity contribution in [1.29, 1.82) is 0 Å². The Morgan fingerprint density at radius 2 is 0.670 bits per heavy atom. The fourth-order valence-corrected chi connectivity index (χ4v) is 18.0. The van der Waals surface area contributed by atoms with Gasteiger partial charge in [-0.3, -0.25) is 0 Å². The molecule has 21 rings (SSSR count). The van der Waals surface area contributed by atoms with Gasteiger partial charge in [-0.1, -0.05) is 254 Å². The highest BCUT2D eigenvalue weighted by molar-refractivity contribution is 7.00. The zero-order valence-corrected chi connectivity index (χ0v) is 55.0. The topological polar surface area (TPSA) is 18.0 Å². The molecule has 0 saturated carbocycles. The lowest BCUT2D eigenvalue weighted by Gasteiger charge is -2.41. The predicted molar refractivity (Wildman–Crippen MR) is 417 cm³/mol. The molecule has 5 heterocycles. The van der Waals surface area contributed by atoms with E-state index in [9.17, 15) is 0 Å². The highest BCUT2D eigenvalue weighted by Crippen LogP contribution is 2.53. The van der Waals surface area contributed by atoms with Crippen LogP contribution in [0.25, 0.3) is 158 Å². The molecule has 0 N–H and O–H groups in total. The van der Waals surface area contributed by atoms with Crippen molar-refractivity contribution in [3.63, 3.8) is 0 Å². The van der Waals surface area contributed by atoms with Crippen LogP contribution in [0.5, 0.6) is 0 Å². The average Bonchev–Trinajstić information content (AvgIpc) is 1.60. The molecule has 97 heavy (non-hydrogen) atoms. The fraction of sp³-hybridized carbons (Fsp3) is 0.0870. The van der Waals surface area contributed by atoms with Gasteiger partial charge in [0.2, 0.25) is 0 Å². The number of rotatable bonds is 4. The lowest BCUT2D eigenvalue weighted by Crippen LogP contribution is -2.60. The van der Waals surface area contributed by atoms with Crippen LogP contribution in [-0.4, -0.2) is 20.4 Å². The maximum atomic E-state index is 2.76. The first-order valence-corrected chi connectivity index (χ1v) is 34.4. The summed E-state index contributed by atoms with van der Waals surface area (Å²) in [5.41, 5.74) is 22.7. The Morgan fingerprint density at radius 3 is 1.16 bits per heavy atom. The molecule has 0 unspecified atom stereocenters. The van der Waals surface area contributed by atoms with Crippen molar-refractivity contribution in [2.75, 3.05) is 4.90 Å². The van der Waals surface area contributed by atoms with E-state index in [-0.39, 0.29) is 17.5 Å². The normalized spacial score (nSPS) is 13.2. The predicted octanol–water partition coefficient (Wildman–Crippen LogP) is 22.8. The second-order valence-electron chi connectivity index (χ2n) is 29.4. The summed E-state index contributed by atoms with van der Waals surface area (Å²) in [6.45, 7) is 13.9. The van der Waals surface area contributed by atoms with Crippen LogP contribution in [0.15, 0.2) is 285 Å². The second-order valence-corrected chi connectivity index (χ2v) is 29.4. The first-order valence-electron chi connectivity index (χ1n) is 34.4. The zero-order chi connectivity index (χ0) is 64.5. The first kappa shape index (κ1) is 54.7. The molecule has 19 aromatic rings. The molecular formula is C92H65BN4. The van der Waals surface area contributed by atoms with Crippen molar-refractivity contribution in [3.8, 4) is 28.2 Å². The molecule has 4 nitrogen and oxygen atoms in total. The summed E-state index contributed by atoms with van der Waals surface area (Å²) in [5, 5.41) is 22.8. The third-order valence-electron chi connectivity index (χ3n) is 22.2. The van der Waals surface area contributed by atoms with Crippen LogP contribution in [0.4, 0.5) is 17.1 Å². The van der Waals surface area contributed by atoms with Gasteiger partial charge < -0.3 is 18.6 Å². The fourth-order valence-electron chi connectivity index (χ4n) is 18.0. The largest absolute Gasteiger partial charge is 0.311 e. The molecule has 3 aromatic heterocycles. The lowest BCUT2D eigenvalue weighted by atomic mass is 9.33. The maximum absolute atomic E-state index is 2.76. The lowest BCUT2D eigenvalue weighted by molar-refractivity contribution is 0.590. The number of benzene rings is 16. The third-order valence-corrected chi connectivity index (χ3v) is 22.2. The van der Waals surface area contributed by atoms with Gasteiger partial charge in [0.25, 0.3) is 6.71 Å². The highest BCUT2D eigenvalue weighted by Gasteiger charge is 2.44. The second kappa shape index (κ2) is 19.5. The number of hydrogen-bond acceptors (Lipinski definition) is 1. The summed E-state index contributed by atoms with van der Waals surface area (Å²) >= 11 is 0. The van der Waals surface area contributed by atoms with Crippen molar-refractivity contribution in [3.05, 3.63) is 296 Å². The summed E-state index contributed by atoms with van der Waals surface area (Å²) in [5.74, 6) is 0. The van der Waals surface area contributed by atoms with Gasteiger partial charge in [0.1, 0.15) is 0 Å². The molecule has 0 fully saturated rings. The number of para-hydroxylation sites is 4. The number of aromatic nitrogens is 3. The molecule has 16 aromatic carbocycles. The Balaban J connectivity index is 1.01. The molecule has 0 spiro atoms. The van der Waals surface area contributed by atoms with E-state index in [4.69, 9.17) is 0 Å². The molecular weight excluding hydrogens is 1170 g/mol. The first-order chi connectivity index (χ1) is 47.5. The molecule has 2 aliphatic heterocycles. The van der Waals surface area contributed by atoms with Gasteiger partial charge in [0.15, 0.2) is 0 Å². The van der Waals surface area contributed by atoms with Gasteiger partial charge in [0.05, 0.1) is 44.5 Å². The van der Waals surface area contributed by atoms with E-state index >= 15 is 0 Å². The molecule has 2 aliphatic rings. The van der Waals surface area contributed by atoms with Crippen LogP contribution >= 0.6 is 0 Å². The number of fused-ring (bicyclic) bond motifs is 27. The van der Waals surface area contributed by atoms with Gasteiger partial charge in [-0.25, -0.2) is 0 Å². The smallest absolute Gasteiger partial charge is 0.252 e. The van der Waals surface area contributed by atoms with Gasteiger partial charge in [0, 0.05) is 71.4 Å². The van der Waals surface area contributed by atoms with E-state index in [2.05, 4.69) is 345 Å². The number of anilines is 3. The van der Waals surface area contributed by atoms with Crippen molar-refractivity contribution >= 4 is 170 Å². The maximum Gasteiger partial charge on any atom is 0.252 e. The van der Waals surface area contributed by atoms with Crippen LogP contribution in [0.1, 0.15) is 52.7 Å². The van der Waals surface area contributed by atoms with Gasteiger partial charge in [-0.05, 0) is 171 Å². The molecule has 0 amide bonds. The van der Waals surface area contributed by atoms with Gasteiger partial charge in [-0.15, -0.1) is 0 Å². The summed E-state index contributed by atoms with van der Waals surface area (Å²) in [6, 6.07) is 110. The Morgan fingerprint density at radius 1 is 0.258 bits per heavy atom. The molecule has 0 saturated heterocycles. The molecule has 0 radical (unpaired) electrons. The van der Waals surface area contributed by atoms with Crippen LogP contribution in [0.2, 0.25) is 0 Å². The average molecular weight is 1240 g/mol. The van der Waals surface area contributed by atoms with Crippen molar-refractivity contribution in [2.24, 2.45) is 0 Å². The summed E-state index contributed by atoms with van der Waals surface area (Å²) in [7, 11) is 0. The Kier molecular flexibility index (Phi) is 11.0. The number of hydrogen-bond donors (Lipinski definition) is 0. The van der Waals surface area contributed by atoms with Crippen LogP contribution < -0.4 is 21.3 Å². The molecule has 5 heteroatoms. The van der Waals surface area contributed by atoms with Crippen molar-refractivity contribution < 1.29 is 0 Å². The van der Waals surface area contributed by atoms with Crippen molar-refractivity contribution in [1.82, 2.24) is 13.7 Å². The van der Waals surface area contributed by atoms with Crippen LogP contribution in [0, 0.1) is 0 Å². The Labute approximate surface area is 562 Å². The van der Waals surface area contributed by atoms with E-state index in [0.717, 1.165) is 50.3 Å². The zero-order valence-electron chi connectivity index (χ0n) is 55.0. The Hall–Kier alpha value is -11.7. The van der Waals surface area contributed by atoms with Gasteiger partial charge >= 0.3 is 0 Å². The molecule has 0 aliphatic carbocycles. The van der Waals surface area contributed by atoms with Gasteiger partial charge in [-0.2, -0.15) is 0 Å². The third kappa shape index (κ3) is 7.38. The summed E-state index contributed by atoms with van der Waals surface area (Å²) in [4.78, 5) is 2.64. The molecule has 0 atom stereocenters. The minimum atomic E-state index is -0.177. The highest BCUT2D eigenvalue weighted by atomic mass is 15.2. The van der Waals surface area contributed by atoms with E-state index in [1.165, 1.54) is 153 Å². The van der Waals surface area contributed by atoms with Crippen LogP contribution in [0.3, 0.4) is 0 Å². The monoisotopic (exact) mass is 1240 g/mol. The molecule has 0 bridgehead atoms. The Bertz CT molecular complexity index is 6450. The quantitative estimate of drug-likeness (QED) is 0.127. The number of nitrogens with zero attached hydrogens (tertiary/aromatic N) is 4. The van der Waals surface area contributed by atoms with E-state index in [1.54, 1.807) is 0 Å². The van der Waals surface area contributed by atoms with E-state index in [1.807, 2.05) is 0 Å². The van der Waals surface area contributed by atoms with E-state index in [0.29, 0.717) is 0 Å². The SMILES string of the molecule is CC(C)(C)c1ccc(N2c3ccc(C(C)(C)C)cc3B3c4c2cc(-c2c(-n5c6ccccc6c6ccccc65)cccc2-n2c5ccccc5c5ccccc52)cc4-n2c4ccc5c6ccccc6c6ccccc6c5c4c4c5c6ccccc6c6ccccc6c5cc3c42)cc1. The van der Waals surface area contributed by atoms with Crippen molar-refractivity contribution in [2.45, 2.75) is 52.4 Å². The molecule has 456 valence electrons. The minimum Gasteiger partial charge on any atom is -0.311 e. The summed E-state index contributed by atoms with van der Waals surface area (Å²) < 4.78 is 7.87. The summed E-state index contributed by atoms with van der Waals surface area (Å²) in [6.07, 6.45) is 0. The van der Waals surface area contributed by atoms with E-state index < -0.39 is 0 Å². The standard InChI is InChI=1S/C92H65BN4/c1-91(2,3)55-42-45-57(46-43-55)94-78-48-44-56(92(4,5)6)52-72(78)93-73-53-71-63-29-10-8-25-59(63)61-27-12-14-35-69(61)86(71)88-87-81(49-47-70-62-28-9-7-24-58(62)60-26-11-13-34-68(60)85(70)87)97(90(73)88)83-51-54(50-82(94)89(83)93)84-79(95-74-36-19-15-30-64(74)65-31-16-20-37-75(65)95)40-23-41-80(84)96-76-38-21-17-32-66(76)67-33-18-22-39-77(67)96/h7-53H,1-6H3.